The predicted octanol–water partition coefficient (Wildman–Crippen LogP) is 2.97. The van der Waals surface area contributed by atoms with Crippen LogP contribution < -0.4 is 5.32 Å². The Morgan fingerprint density at radius 1 is 1.32 bits per heavy atom. The summed E-state index contributed by atoms with van der Waals surface area (Å²) in [4.78, 5) is 11.8. The number of hydrogen-bond acceptors (Lipinski definition) is 5. The molecule has 0 spiro atoms. The summed E-state index contributed by atoms with van der Waals surface area (Å²) in [6, 6.07) is 4.94. The van der Waals surface area contributed by atoms with Crippen LogP contribution in [0.15, 0.2) is 28.8 Å². The zero-order valence-corrected chi connectivity index (χ0v) is 13.4. The van der Waals surface area contributed by atoms with Crippen molar-refractivity contribution < 1.29 is 27.6 Å². The largest absolute Gasteiger partial charge is 0.449 e. The number of amides is 1. The molecule has 25 heavy (non-hydrogen) atoms. The van der Waals surface area contributed by atoms with Gasteiger partial charge in [-0.15, -0.1) is 0 Å². The molecule has 0 bridgehead atoms. The Bertz CT molecular complexity index is 825. The Kier molecular flexibility index (Phi) is 3.72. The average Bonchev–Trinajstić information content (AvgIpc) is 3.03. The summed E-state index contributed by atoms with van der Waals surface area (Å²) in [6.45, 7) is 1.85. The molecule has 8 heteroatoms. The summed E-state index contributed by atoms with van der Waals surface area (Å²) in [5.74, 6) is -0.947. The van der Waals surface area contributed by atoms with Gasteiger partial charge in [0.1, 0.15) is 23.3 Å². The number of hydrogen-bond donors (Lipinski definition) is 1. The molecule has 1 amide bonds. The maximum absolute atomic E-state index is 14.4. The molecule has 1 aromatic carbocycles. The number of nitrogens with zero attached hydrogens (tertiary/aromatic N) is 1. The molecule has 2 aliphatic rings. The van der Waals surface area contributed by atoms with Gasteiger partial charge < -0.3 is 19.3 Å². The first-order valence-corrected chi connectivity index (χ1v) is 7.93. The summed E-state index contributed by atoms with van der Waals surface area (Å²) < 4.78 is 44.3. The zero-order chi connectivity index (χ0) is 17.6. The first kappa shape index (κ1) is 16.0. The van der Waals surface area contributed by atoms with Crippen LogP contribution in [0.25, 0.3) is 0 Å². The Balaban J connectivity index is 1.71. The molecule has 6 nitrogen and oxygen atoms in total. The minimum Gasteiger partial charge on any atom is -0.449 e. The van der Waals surface area contributed by atoms with Crippen molar-refractivity contribution in [2.24, 2.45) is 5.92 Å². The van der Waals surface area contributed by atoms with Gasteiger partial charge >= 0.3 is 6.09 Å². The maximum atomic E-state index is 14.4. The summed E-state index contributed by atoms with van der Waals surface area (Å²) in [6.07, 6.45) is -0.669. The fourth-order valence-electron chi connectivity index (χ4n) is 3.56. The van der Waals surface area contributed by atoms with E-state index < -0.39 is 29.4 Å². The number of ether oxygens (including phenoxy) is 2. The van der Waals surface area contributed by atoms with Crippen molar-refractivity contribution in [1.82, 2.24) is 10.5 Å². The highest BCUT2D eigenvalue weighted by Gasteiger charge is 2.52. The minimum atomic E-state index is -1.19. The molecule has 3 atom stereocenters. The van der Waals surface area contributed by atoms with Crippen molar-refractivity contribution in [3.63, 3.8) is 0 Å². The number of nitrogens with one attached hydrogen (secondary N) is 1. The molecule has 1 N–H and O–H groups in total. The van der Waals surface area contributed by atoms with Crippen LogP contribution in [0.1, 0.15) is 29.5 Å². The van der Waals surface area contributed by atoms with E-state index in [1.807, 2.05) is 0 Å². The van der Waals surface area contributed by atoms with E-state index in [1.165, 1.54) is 0 Å². The Morgan fingerprint density at radius 3 is 2.92 bits per heavy atom. The van der Waals surface area contributed by atoms with Crippen LogP contribution >= 0.6 is 0 Å². The average molecular weight is 350 g/mol. The van der Waals surface area contributed by atoms with Crippen LogP contribution in [-0.2, 0) is 15.0 Å². The van der Waals surface area contributed by atoms with Crippen LogP contribution in [-0.4, -0.2) is 24.5 Å². The molecule has 0 radical (unpaired) electrons. The second kappa shape index (κ2) is 5.80. The number of alkyl carbamates (subject to hydrolysis) is 1. The lowest BCUT2D eigenvalue weighted by Crippen LogP contribution is -2.62. The van der Waals surface area contributed by atoms with Crippen LogP contribution in [0.2, 0.25) is 0 Å². The molecule has 2 aromatic rings. The molecular formula is C17H16F2N2O4. The lowest BCUT2D eigenvalue weighted by atomic mass is 9.73. The van der Waals surface area contributed by atoms with Gasteiger partial charge in [0.15, 0.2) is 5.76 Å². The van der Waals surface area contributed by atoms with Crippen molar-refractivity contribution in [1.29, 1.82) is 0 Å². The zero-order valence-electron chi connectivity index (χ0n) is 13.4. The third-order valence-corrected chi connectivity index (χ3v) is 4.82. The standard InChI is InChI=1S/C17H16F2N2O4/c1-9-4-15(25-21-9)14-5-10-7-23-16(22)20-17(10,8-24-14)12-6-11(18)2-3-13(12)19/h2-4,6,10,14H,5,7-8H2,1H3,(H,20,22)/t10-,14+,17-/m0/s1. The highest BCUT2D eigenvalue weighted by atomic mass is 19.1. The second-order valence-corrected chi connectivity index (χ2v) is 6.42. The molecular weight excluding hydrogens is 334 g/mol. The van der Waals surface area contributed by atoms with Gasteiger partial charge in [0.2, 0.25) is 0 Å². The van der Waals surface area contributed by atoms with Gasteiger partial charge in [-0.1, -0.05) is 5.16 Å². The van der Waals surface area contributed by atoms with E-state index in [0.29, 0.717) is 12.2 Å². The highest BCUT2D eigenvalue weighted by molar-refractivity contribution is 5.70. The molecule has 2 aliphatic heterocycles. The fraction of sp³-hybridized carbons (Fsp3) is 0.412. The number of fused-ring (bicyclic) bond motifs is 1. The molecule has 132 valence electrons. The molecule has 1 aromatic heterocycles. The Morgan fingerprint density at radius 2 is 2.16 bits per heavy atom. The fourth-order valence-corrected chi connectivity index (χ4v) is 3.56. The van der Waals surface area contributed by atoms with E-state index in [0.717, 1.165) is 23.9 Å². The first-order chi connectivity index (χ1) is 12.0. The van der Waals surface area contributed by atoms with Crippen molar-refractivity contribution in [2.45, 2.75) is 25.0 Å². The number of halogens is 2. The maximum Gasteiger partial charge on any atom is 0.407 e. The van der Waals surface area contributed by atoms with E-state index in [9.17, 15) is 13.6 Å². The molecule has 2 fully saturated rings. The second-order valence-electron chi connectivity index (χ2n) is 6.42. The van der Waals surface area contributed by atoms with Gasteiger partial charge in [0.25, 0.3) is 0 Å². The smallest absolute Gasteiger partial charge is 0.407 e. The van der Waals surface area contributed by atoms with E-state index in [-0.39, 0.29) is 24.7 Å². The van der Waals surface area contributed by atoms with Crippen LogP contribution in [0.4, 0.5) is 13.6 Å². The first-order valence-electron chi connectivity index (χ1n) is 7.93. The van der Waals surface area contributed by atoms with Gasteiger partial charge in [0, 0.05) is 17.5 Å². The van der Waals surface area contributed by atoms with Crippen molar-refractivity contribution in [3.05, 3.63) is 52.9 Å². The normalized spacial score (nSPS) is 28.8. The summed E-state index contributed by atoms with van der Waals surface area (Å²) >= 11 is 0. The summed E-state index contributed by atoms with van der Waals surface area (Å²) in [5.41, 5.74) is -0.409. The van der Waals surface area contributed by atoms with E-state index >= 15 is 0 Å². The molecule has 2 saturated heterocycles. The van der Waals surface area contributed by atoms with Crippen LogP contribution in [0.5, 0.6) is 0 Å². The monoisotopic (exact) mass is 350 g/mol. The number of benzene rings is 1. The minimum absolute atomic E-state index is 0.0302. The number of carbonyl (C=O) groups excluding carboxylic acids is 1. The van der Waals surface area contributed by atoms with E-state index in [1.54, 1.807) is 13.0 Å². The SMILES string of the molecule is Cc1cc([C@H]2C[C@H]3COC(=O)N[C@@]3(c3cc(F)ccc3F)CO2)on1. The lowest BCUT2D eigenvalue weighted by molar-refractivity contribution is -0.113. The summed E-state index contributed by atoms with van der Waals surface area (Å²) in [5, 5.41) is 6.50. The predicted molar refractivity (Wildman–Crippen MR) is 80.6 cm³/mol. The van der Waals surface area contributed by atoms with Gasteiger partial charge in [-0.3, -0.25) is 0 Å². The third-order valence-electron chi connectivity index (χ3n) is 4.82. The number of rotatable bonds is 2. The molecule has 4 rings (SSSR count). The van der Waals surface area contributed by atoms with Crippen LogP contribution in [0, 0.1) is 24.5 Å². The van der Waals surface area contributed by atoms with E-state index in [4.69, 9.17) is 14.0 Å². The molecule has 0 unspecified atom stereocenters. The van der Waals surface area contributed by atoms with Gasteiger partial charge in [-0.05, 0) is 31.5 Å². The van der Waals surface area contributed by atoms with Gasteiger partial charge in [-0.25, -0.2) is 13.6 Å². The number of aryl methyl sites for hydroxylation is 1. The Labute approximate surface area is 142 Å². The third kappa shape index (κ3) is 2.66. The molecule has 3 heterocycles. The molecule has 0 saturated carbocycles. The van der Waals surface area contributed by atoms with Crippen molar-refractivity contribution in [2.75, 3.05) is 13.2 Å². The van der Waals surface area contributed by atoms with Crippen LogP contribution in [0.3, 0.4) is 0 Å². The van der Waals surface area contributed by atoms with E-state index in [2.05, 4.69) is 10.5 Å². The van der Waals surface area contributed by atoms with Crippen molar-refractivity contribution in [3.8, 4) is 0 Å². The lowest BCUT2D eigenvalue weighted by Gasteiger charge is -2.48. The quantitative estimate of drug-likeness (QED) is 0.901. The number of carbonyl (C=O) groups is 1. The van der Waals surface area contributed by atoms with Gasteiger partial charge in [0.05, 0.1) is 18.9 Å². The number of aromatic nitrogens is 1. The molecule has 0 aliphatic carbocycles. The number of cyclic esters (lactones) is 1. The highest BCUT2D eigenvalue weighted by Crippen LogP contribution is 2.45. The topological polar surface area (TPSA) is 73.6 Å². The van der Waals surface area contributed by atoms with Gasteiger partial charge in [-0.2, -0.15) is 0 Å². The van der Waals surface area contributed by atoms with Crippen molar-refractivity contribution >= 4 is 6.09 Å². The summed E-state index contributed by atoms with van der Waals surface area (Å²) in [7, 11) is 0. The Hall–Kier alpha value is -2.48.